The summed E-state index contributed by atoms with van der Waals surface area (Å²) in [5.74, 6) is -0.0292. The summed E-state index contributed by atoms with van der Waals surface area (Å²) >= 11 is 0. The maximum absolute atomic E-state index is 13.1. The van der Waals surface area contributed by atoms with Crippen molar-refractivity contribution in [2.24, 2.45) is 5.92 Å². The molecule has 1 atom stereocenters. The number of amides is 1. The summed E-state index contributed by atoms with van der Waals surface area (Å²) < 4.78 is 38.6. The Kier molecular flexibility index (Phi) is 6.08. The molecule has 0 N–H and O–H groups in total. The highest BCUT2D eigenvalue weighted by Crippen LogP contribution is 2.27. The van der Waals surface area contributed by atoms with Gasteiger partial charge in [0.25, 0.3) is 15.9 Å². The van der Waals surface area contributed by atoms with Gasteiger partial charge < -0.3 is 14.4 Å². The van der Waals surface area contributed by atoms with E-state index in [4.69, 9.17) is 9.47 Å². The second kappa shape index (κ2) is 8.75. The van der Waals surface area contributed by atoms with Crippen LogP contribution >= 0.6 is 0 Å². The van der Waals surface area contributed by atoms with Gasteiger partial charge in [-0.2, -0.15) is 0 Å². The summed E-state index contributed by atoms with van der Waals surface area (Å²) in [4.78, 5) is 15.0. The van der Waals surface area contributed by atoms with Gasteiger partial charge in [-0.25, -0.2) is 8.42 Å². The summed E-state index contributed by atoms with van der Waals surface area (Å²) in [6.45, 7) is 2.36. The van der Waals surface area contributed by atoms with E-state index < -0.39 is 10.0 Å². The lowest BCUT2D eigenvalue weighted by atomic mass is 9.96. The summed E-state index contributed by atoms with van der Waals surface area (Å²) in [6.07, 6.45) is 1.56. The van der Waals surface area contributed by atoms with Crippen LogP contribution in [-0.4, -0.2) is 58.9 Å². The van der Waals surface area contributed by atoms with E-state index in [0.29, 0.717) is 37.6 Å². The first-order valence-corrected chi connectivity index (χ1v) is 11.6. The van der Waals surface area contributed by atoms with Gasteiger partial charge in [0.1, 0.15) is 0 Å². The molecule has 4 rings (SSSR count). The Bertz CT molecular complexity index is 990. The van der Waals surface area contributed by atoms with E-state index in [-0.39, 0.29) is 23.0 Å². The molecule has 2 heterocycles. The third kappa shape index (κ3) is 4.21. The second-order valence-corrected chi connectivity index (χ2v) is 9.57. The van der Waals surface area contributed by atoms with Crippen molar-refractivity contribution in [2.45, 2.75) is 24.0 Å². The zero-order valence-corrected chi connectivity index (χ0v) is 17.8. The van der Waals surface area contributed by atoms with Crippen molar-refractivity contribution >= 4 is 21.6 Å². The van der Waals surface area contributed by atoms with Gasteiger partial charge in [0.15, 0.2) is 6.29 Å². The van der Waals surface area contributed by atoms with Crippen LogP contribution in [0.1, 0.15) is 23.2 Å². The fraction of sp³-hybridized carbons (Fsp3) is 0.409. The lowest BCUT2D eigenvalue weighted by molar-refractivity contribution is -0.0969. The van der Waals surface area contributed by atoms with Crippen molar-refractivity contribution < 1.29 is 22.7 Å². The van der Waals surface area contributed by atoms with E-state index in [1.165, 1.54) is 23.5 Å². The Labute approximate surface area is 177 Å². The van der Waals surface area contributed by atoms with E-state index in [2.05, 4.69) is 0 Å². The molecule has 30 heavy (non-hydrogen) atoms. The highest BCUT2D eigenvalue weighted by molar-refractivity contribution is 7.92. The predicted molar refractivity (Wildman–Crippen MR) is 113 cm³/mol. The van der Waals surface area contributed by atoms with Gasteiger partial charge in [-0.05, 0) is 43.2 Å². The first-order valence-electron chi connectivity index (χ1n) is 10.1. The van der Waals surface area contributed by atoms with E-state index in [1.54, 1.807) is 41.3 Å². The number of hydrogen-bond acceptors (Lipinski definition) is 5. The number of carbonyl (C=O) groups is 1. The fourth-order valence-corrected chi connectivity index (χ4v) is 5.21. The Morgan fingerprint density at radius 2 is 1.80 bits per heavy atom. The molecule has 0 spiro atoms. The minimum atomic E-state index is -3.78. The zero-order chi connectivity index (χ0) is 21.1. The number of sulfonamides is 1. The molecule has 1 amide bonds. The molecule has 2 aromatic rings. The van der Waals surface area contributed by atoms with Crippen molar-refractivity contribution in [1.29, 1.82) is 0 Å². The first-order chi connectivity index (χ1) is 14.5. The quantitative estimate of drug-likeness (QED) is 0.729. The molecule has 1 unspecified atom stereocenters. The van der Waals surface area contributed by atoms with Crippen LogP contribution in [0.15, 0.2) is 59.5 Å². The van der Waals surface area contributed by atoms with Gasteiger partial charge in [0.2, 0.25) is 0 Å². The van der Waals surface area contributed by atoms with Gasteiger partial charge in [-0.15, -0.1) is 0 Å². The summed E-state index contributed by atoms with van der Waals surface area (Å²) in [5, 5.41) is 0. The minimum Gasteiger partial charge on any atom is -0.350 e. The molecule has 0 aromatic heterocycles. The molecule has 8 heteroatoms. The highest BCUT2D eigenvalue weighted by atomic mass is 32.2. The average molecular weight is 431 g/mol. The number of ether oxygens (including phenoxy) is 2. The first kappa shape index (κ1) is 20.8. The van der Waals surface area contributed by atoms with Gasteiger partial charge in [-0.1, -0.05) is 24.3 Å². The second-order valence-electron chi connectivity index (χ2n) is 7.60. The van der Waals surface area contributed by atoms with Gasteiger partial charge in [-0.3, -0.25) is 9.10 Å². The minimum absolute atomic E-state index is 0.0933. The average Bonchev–Trinajstić information content (AvgIpc) is 3.34. The van der Waals surface area contributed by atoms with Crippen molar-refractivity contribution in [1.82, 2.24) is 4.90 Å². The van der Waals surface area contributed by atoms with Crippen LogP contribution in [0.3, 0.4) is 0 Å². The number of likely N-dealkylation sites (tertiary alicyclic amines) is 1. The Hall–Kier alpha value is -2.42. The van der Waals surface area contributed by atoms with E-state index in [0.717, 1.165) is 12.8 Å². The topological polar surface area (TPSA) is 76.2 Å². The van der Waals surface area contributed by atoms with E-state index >= 15 is 0 Å². The standard InChI is InChI=1S/C22H26N2O5S/c1-23(19-9-3-2-4-10-19)30(26,27)20-11-5-7-17(15-20)21(25)24-12-6-8-18(16-24)22-28-13-14-29-22/h2-5,7,9-11,15,18,22H,6,8,12-14,16H2,1H3. The summed E-state index contributed by atoms with van der Waals surface area (Å²) in [6, 6.07) is 15.1. The molecular formula is C22H26N2O5S. The van der Waals surface area contributed by atoms with Gasteiger partial charge in [0, 0.05) is 31.6 Å². The monoisotopic (exact) mass is 430 g/mol. The number of hydrogen-bond donors (Lipinski definition) is 0. The molecule has 2 aliphatic rings. The highest BCUT2D eigenvalue weighted by Gasteiger charge is 2.33. The molecule has 2 fully saturated rings. The van der Waals surface area contributed by atoms with Crippen molar-refractivity contribution in [3.63, 3.8) is 0 Å². The number of anilines is 1. The van der Waals surface area contributed by atoms with Crippen LogP contribution < -0.4 is 4.31 Å². The van der Waals surface area contributed by atoms with Crippen molar-refractivity contribution in [3.05, 3.63) is 60.2 Å². The maximum atomic E-state index is 13.1. The van der Waals surface area contributed by atoms with Crippen LogP contribution in [0.2, 0.25) is 0 Å². The van der Waals surface area contributed by atoms with Crippen LogP contribution in [0, 0.1) is 5.92 Å². The third-order valence-electron chi connectivity index (χ3n) is 5.64. The van der Waals surface area contributed by atoms with Crippen LogP contribution in [0.5, 0.6) is 0 Å². The number of rotatable bonds is 5. The Balaban J connectivity index is 1.53. The number of nitrogens with zero attached hydrogens (tertiary/aromatic N) is 2. The third-order valence-corrected chi connectivity index (χ3v) is 7.42. The van der Waals surface area contributed by atoms with Gasteiger partial charge >= 0.3 is 0 Å². The van der Waals surface area contributed by atoms with Crippen molar-refractivity contribution in [2.75, 3.05) is 37.7 Å². The number of piperidine rings is 1. The SMILES string of the molecule is CN(c1ccccc1)S(=O)(=O)c1cccc(C(=O)N2CCCC(C3OCCO3)C2)c1. The number of carbonyl (C=O) groups excluding carboxylic acids is 1. The smallest absolute Gasteiger partial charge is 0.264 e. The van der Waals surface area contributed by atoms with Crippen LogP contribution in [-0.2, 0) is 19.5 Å². The molecule has 160 valence electrons. The van der Waals surface area contributed by atoms with E-state index in [1.807, 2.05) is 6.07 Å². The molecule has 0 radical (unpaired) electrons. The zero-order valence-electron chi connectivity index (χ0n) is 16.9. The maximum Gasteiger partial charge on any atom is 0.264 e. The fourth-order valence-electron chi connectivity index (χ4n) is 3.97. The van der Waals surface area contributed by atoms with E-state index in [9.17, 15) is 13.2 Å². The lowest BCUT2D eigenvalue weighted by Crippen LogP contribution is -2.43. The molecule has 0 bridgehead atoms. The van der Waals surface area contributed by atoms with Gasteiger partial charge in [0.05, 0.1) is 23.8 Å². The van der Waals surface area contributed by atoms with Crippen LogP contribution in [0.4, 0.5) is 5.69 Å². The van der Waals surface area contributed by atoms with Crippen LogP contribution in [0.25, 0.3) is 0 Å². The molecule has 2 aromatic carbocycles. The molecule has 7 nitrogen and oxygen atoms in total. The number of benzene rings is 2. The molecule has 0 aliphatic carbocycles. The normalized spacial score (nSPS) is 20.3. The summed E-state index contributed by atoms with van der Waals surface area (Å²) in [7, 11) is -2.27. The number of para-hydroxylation sites is 1. The molecule has 2 saturated heterocycles. The predicted octanol–water partition coefficient (Wildman–Crippen LogP) is 2.74. The summed E-state index contributed by atoms with van der Waals surface area (Å²) in [5.41, 5.74) is 0.927. The largest absolute Gasteiger partial charge is 0.350 e. The Morgan fingerprint density at radius 1 is 1.07 bits per heavy atom. The van der Waals surface area contributed by atoms with Crippen molar-refractivity contribution in [3.8, 4) is 0 Å². The molecular weight excluding hydrogens is 404 g/mol. The molecule has 2 aliphatic heterocycles. The molecule has 0 saturated carbocycles. The Morgan fingerprint density at radius 3 is 2.53 bits per heavy atom. The lowest BCUT2D eigenvalue weighted by Gasteiger charge is -2.34.